The minimum atomic E-state index is -4.67. The molecule has 0 aliphatic carbocycles. The lowest BCUT2D eigenvalue weighted by atomic mass is 10.1. The van der Waals surface area contributed by atoms with Crippen molar-refractivity contribution in [1.82, 2.24) is 0 Å². The quantitative estimate of drug-likeness (QED) is 0.543. The number of alkyl halides is 6. The predicted molar refractivity (Wildman–Crippen MR) is 86.8 cm³/mol. The Kier molecular flexibility index (Phi) is 6.23. The number of nitrogens with one attached hydrogen (secondary N) is 1. The molecular formula is C17H10ClF6NO3. The number of benzene rings is 2. The summed E-state index contributed by atoms with van der Waals surface area (Å²) in [5, 5.41) is 1.85. The molecule has 0 saturated carbocycles. The van der Waals surface area contributed by atoms with E-state index in [4.69, 9.17) is 11.6 Å². The first-order chi connectivity index (χ1) is 12.9. The van der Waals surface area contributed by atoms with Gasteiger partial charge in [0, 0.05) is 0 Å². The average molecular weight is 426 g/mol. The molecule has 4 nitrogen and oxygen atoms in total. The highest BCUT2D eigenvalue weighted by molar-refractivity contribution is 6.33. The van der Waals surface area contributed by atoms with E-state index in [0.717, 1.165) is 24.3 Å². The van der Waals surface area contributed by atoms with Crippen LogP contribution in [-0.4, -0.2) is 18.5 Å². The number of ether oxygens (including phenoxy) is 1. The maximum absolute atomic E-state index is 12.7. The molecule has 0 aromatic heterocycles. The first kappa shape index (κ1) is 21.5. The summed E-state index contributed by atoms with van der Waals surface area (Å²) in [6.07, 6.45) is -9.34. The Hall–Kier alpha value is -2.75. The maximum Gasteiger partial charge on any atom is 0.416 e. The van der Waals surface area contributed by atoms with Crippen molar-refractivity contribution in [2.24, 2.45) is 0 Å². The van der Waals surface area contributed by atoms with Crippen LogP contribution in [0.1, 0.15) is 21.5 Å². The number of hydrogen-bond acceptors (Lipinski definition) is 3. The van der Waals surface area contributed by atoms with Gasteiger partial charge in [0.05, 0.1) is 27.4 Å². The molecule has 2 aromatic carbocycles. The third-order valence-corrected chi connectivity index (χ3v) is 3.66. The predicted octanol–water partition coefficient (Wildman–Crippen LogP) is 5.17. The number of carbonyl (C=O) groups is 2. The van der Waals surface area contributed by atoms with Gasteiger partial charge in [-0.25, -0.2) is 4.79 Å². The van der Waals surface area contributed by atoms with E-state index in [9.17, 15) is 35.9 Å². The van der Waals surface area contributed by atoms with E-state index < -0.39 is 47.5 Å². The average Bonchev–Trinajstić information content (AvgIpc) is 2.60. The van der Waals surface area contributed by atoms with Crippen LogP contribution in [0.2, 0.25) is 5.02 Å². The van der Waals surface area contributed by atoms with Gasteiger partial charge in [0.2, 0.25) is 0 Å². The number of amides is 1. The summed E-state index contributed by atoms with van der Waals surface area (Å²) in [5.74, 6) is -2.24. The molecule has 0 bridgehead atoms. The molecule has 0 fully saturated rings. The van der Waals surface area contributed by atoms with E-state index in [2.05, 4.69) is 4.74 Å². The molecule has 0 spiro atoms. The van der Waals surface area contributed by atoms with Crippen LogP contribution < -0.4 is 5.32 Å². The fourth-order valence-corrected chi connectivity index (χ4v) is 2.19. The van der Waals surface area contributed by atoms with Gasteiger partial charge in [-0.2, -0.15) is 26.3 Å². The lowest BCUT2D eigenvalue weighted by Gasteiger charge is -2.12. The second-order valence-electron chi connectivity index (χ2n) is 5.40. The van der Waals surface area contributed by atoms with Gasteiger partial charge in [0.1, 0.15) is 0 Å². The summed E-state index contributed by atoms with van der Waals surface area (Å²) in [4.78, 5) is 23.6. The van der Waals surface area contributed by atoms with Crippen molar-refractivity contribution in [2.45, 2.75) is 12.4 Å². The van der Waals surface area contributed by atoms with E-state index in [-0.39, 0.29) is 10.7 Å². The van der Waals surface area contributed by atoms with Crippen LogP contribution >= 0.6 is 11.6 Å². The minimum Gasteiger partial charge on any atom is -0.452 e. The topological polar surface area (TPSA) is 55.4 Å². The Labute approximate surface area is 159 Å². The van der Waals surface area contributed by atoms with Gasteiger partial charge in [-0.1, -0.05) is 17.7 Å². The Bertz CT molecular complexity index is 895. The van der Waals surface area contributed by atoms with Gasteiger partial charge in [-0.3, -0.25) is 4.79 Å². The molecule has 0 saturated heterocycles. The number of esters is 1. The summed E-state index contributed by atoms with van der Waals surface area (Å²) in [7, 11) is 0. The van der Waals surface area contributed by atoms with E-state index >= 15 is 0 Å². The normalized spacial score (nSPS) is 11.8. The van der Waals surface area contributed by atoms with Gasteiger partial charge < -0.3 is 10.1 Å². The lowest BCUT2D eigenvalue weighted by Crippen LogP contribution is -2.21. The number of carbonyl (C=O) groups excluding carboxylic acids is 2. The van der Waals surface area contributed by atoms with Crippen LogP contribution in [-0.2, 0) is 21.9 Å². The van der Waals surface area contributed by atoms with E-state index in [1.807, 2.05) is 5.32 Å². The van der Waals surface area contributed by atoms with Gasteiger partial charge in [-0.05, 0) is 36.4 Å². The molecule has 0 radical (unpaired) electrons. The van der Waals surface area contributed by atoms with Crippen LogP contribution in [0.4, 0.5) is 32.0 Å². The smallest absolute Gasteiger partial charge is 0.416 e. The zero-order chi connectivity index (χ0) is 21.1. The van der Waals surface area contributed by atoms with Gasteiger partial charge in [-0.15, -0.1) is 0 Å². The number of hydrogen-bond donors (Lipinski definition) is 1. The molecule has 11 heteroatoms. The molecule has 0 atom stereocenters. The Morgan fingerprint density at radius 1 is 0.929 bits per heavy atom. The first-order valence-electron chi connectivity index (χ1n) is 7.39. The highest BCUT2D eigenvalue weighted by Crippen LogP contribution is 2.34. The number of halogens is 7. The van der Waals surface area contributed by atoms with Crippen molar-refractivity contribution in [1.29, 1.82) is 0 Å². The molecule has 0 aliphatic heterocycles. The standard InChI is InChI=1S/C17H10ClF6NO3/c18-12-5-4-11(17(22,23)24)7-13(12)25-14(26)8-28-15(27)9-2-1-3-10(6-9)16(19,20)21/h1-7H,8H2,(H,25,26). The molecule has 1 amide bonds. The van der Waals surface area contributed by atoms with Crippen molar-refractivity contribution in [2.75, 3.05) is 11.9 Å². The molecule has 0 heterocycles. The van der Waals surface area contributed by atoms with Crippen molar-refractivity contribution in [3.05, 3.63) is 64.2 Å². The Balaban J connectivity index is 2.02. The van der Waals surface area contributed by atoms with E-state index in [1.54, 1.807) is 0 Å². The fraction of sp³-hybridized carbons (Fsp3) is 0.176. The van der Waals surface area contributed by atoms with Crippen molar-refractivity contribution in [3.63, 3.8) is 0 Å². The summed E-state index contributed by atoms with van der Waals surface area (Å²) in [5.41, 5.74) is -2.95. The van der Waals surface area contributed by atoms with Crippen molar-refractivity contribution in [3.8, 4) is 0 Å². The second-order valence-corrected chi connectivity index (χ2v) is 5.80. The van der Waals surface area contributed by atoms with E-state index in [1.165, 1.54) is 0 Å². The maximum atomic E-state index is 12.7. The van der Waals surface area contributed by atoms with E-state index in [0.29, 0.717) is 18.2 Å². The second kappa shape index (κ2) is 8.09. The third kappa shape index (κ3) is 5.62. The molecule has 28 heavy (non-hydrogen) atoms. The molecular weight excluding hydrogens is 416 g/mol. The van der Waals surface area contributed by atoms with Crippen LogP contribution in [0.25, 0.3) is 0 Å². The van der Waals surface area contributed by atoms with Gasteiger partial charge in [0.15, 0.2) is 6.61 Å². The fourth-order valence-electron chi connectivity index (χ4n) is 2.02. The first-order valence-corrected chi connectivity index (χ1v) is 7.76. The minimum absolute atomic E-state index is 0.189. The molecule has 2 aromatic rings. The zero-order valence-electron chi connectivity index (χ0n) is 13.6. The summed E-state index contributed by atoms with van der Waals surface area (Å²) in [6.45, 7) is -0.943. The Morgan fingerprint density at radius 2 is 1.54 bits per heavy atom. The van der Waals surface area contributed by atoms with Crippen molar-refractivity contribution >= 4 is 29.2 Å². The van der Waals surface area contributed by atoms with Crippen molar-refractivity contribution < 1.29 is 40.7 Å². The molecule has 2 rings (SSSR count). The van der Waals surface area contributed by atoms with Crippen LogP contribution in [0.15, 0.2) is 42.5 Å². The summed E-state index contributed by atoms with van der Waals surface area (Å²) < 4.78 is 80.6. The molecule has 0 aliphatic rings. The van der Waals surface area contributed by atoms with Crippen LogP contribution in [0, 0.1) is 0 Å². The summed E-state index contributed by atoms with van der Waals surface area (Å²) >= 11 is 5.71. The molecule has 1 N–H and O–H groups in total. The molecule has 150 valence electrons. The van der Waals surface area contributed by atoms with Gasteiger partial charge >= 0.3 is 18.3 Å². The van der Waals surface area contributed by atoms with Crippen LogP contribution in [0.5, 0.6) is 0 Å². The Morgan fingerprint density at radius 3 is 2.14 bits per heavy atom. The zero-order valence-corrected chi connectivity index (χ0v) is 14.4. The highest BCUT2D eigenvalue weighted by Gasteiger charge is 2.32. The largest absolute Gasteiger partial charge is 0.452 e. The third-order valence-electron chi connectivity index (χ3n) is 3.33. The lowest BCUT2D eigenvalue weighted by molar-refractivity contribution is -0.138. The number of anilines is 1. The van der Waals surface area contributed by atoms with Gasteiger partial charge in [0.25, 0.3) is 5.91 Å². The monoisotopic (exact) mass is 425 g/mol. The molecule has 0 unspecified atom stereocenters. The highest BCUT2D eigenvalue weighted by atomic mass is 35.5. The SMILES string of the molecule is O=C(COC(=O)c1cccc(C(F)(F)F)c1)Nc1cc(C(F)(F)F)ccc1Cl. The summed E-state index contributed by atoms with van der Waals surface area (Å²) in [6, 6.07) is 5.57. The van der Waals surface area contributed by atoms with Crippen LogP contribution in [0.3, 0.4) is 0 Å². The number of rotatable bonds is 4.